The number of benzene rings is 1. The number of halogens is 2. The number of H-pyrrole nitrogens is 1. The first-order chi connectivity index (χ1) is 12.2. The predicted octanol–water partition coefficient (Wildman–Crippen LogP) is 2.78. The third-order valence-electron chi connectivity index (χ3n) is 4.51. The Kier molecular flexibility index (Phi) is 4.63. The zero-order valence-electron chi connectivity index (χ0n) is 15.0. The first-order valence-corrected chi connectivity index (χ1v) is 8.42. The lowest BCUT2D eigenvalue weighted by molar-refractivity contribution is 0.232. The van der Waals surface area contributed by atoms with Gasteiger partial charge in [0.25, 0.3) is 5.56 Å². The third kappa shape index (κ3) is 3.51. The van der Waals surface area contributed by atoms with Crippen LogP contribution < -0.4 is 5.56 Å². The number of aromatic nitrogens is 2. The van der Waals surface area contributed by atoms with Crippen LogP contribution >= 0.6 is 0 Å². The van der Waals surface area contributed by atoms with Crippen LogP contribution in [-0.2, 0) is 24.9 Å². The fraction of sp³-hybridized carbons (Fsp3) is 0.421. The molecular formula is C19H20F2N4O. The summed E-state index contributed by atoms with van der Waals surface area (Å²) in [6.07, 6.45) is 0.474. The van der Waals surface area contributed by atoms with Crippen molar-refractivity contribution in [3.05, 3.63) is 62.3 Å². The van der Waals surface area contributed by atoms with Gasteiger partial charge >= 0.3 is 0 Å². The molecule has 7 heteroatoms. The lowest BCUT2D eigenvalue weighted by Crippen LogP contribution is -2.37. The summed E-state index contributed by atoms with van der Waals surface area (Å²) in [5, 5.41) is 8.79. The summed E-state index contributed by atoms with van der Waals surface area (Å²) < 4.78 is 28.3. The van der Waals surface area contributed by atoms with E-state index in [1.165, 1.54) is 0 Å². The van der Waals surface area contributed by atoms with Crippen molar-refractivity contribution in [1.82, 2.24) is 14.9 Å². The number of aromatic amines is 1. The molecule has 0 aliphatic carbocycles. The Morgan fingerprint density at radius 1 is 1.31 bits per heavy atom. The Morgan fingerprint density at radius 3 is 2.54 bits per heavy atom. The van der Waals surface area contributed by atoms with Crippen molar-refractivity contribution in [2.24, 2.45) is 0 Å². The SMILES string of the molecule is CC(C)(C)c1nc2c(c(=O)[nH]1)CCN(Cc1c(F)cc(C#N)cc1F)C2. The second kappa shape index (κ2) is 6.61. The van der Waals surface area contributed by atoms with Gasteiger partial charge in [-0.15, -0.1) is 0 Å². The van der Waals surface area contributed by atoms with Crippen molar-refractivity contribution in [1.29, 1.82) is 5.26 Å². The topological polar surface area (TPSA) is 72.8 Å². The second-order valence-electron chi connectivity index (χ2n) is 7.58. The Hall–Kier alpha value is -2.59. The fourth-order valence-corrected chi connectivity index (χ4v) is 3.03. The predicted molar refractivity (Wildman–Crippen MR) is 92.4 cm³/mol. The lowest BCUT2D eigenvalue weighted by Gasteiger charge is -2.29. The average Bonchev–Trinajstić information content (AvgIpc) is 2.56. The Labute approximate surface area is 150 Å². The van der Waals surface area contributed by atoms with Gasteiger partial charge < -0.3 is 4.98 Å². The van der Waals surface area contributed by atoms with Gasteiger partial charge in [0.15, 0.2) is 0 Å². The Bertz CT molecular complexity index is 930. The van der Waals surface area contributed by atoms with Gasteiger partial charge in [-0.3, -0.25) is 9.69 Å². The molecule has 0 saturated heterocycles. The highest BCUT2D eigenvalue weighted by Crippen LogP contribution is 2.23. The molecule has 0 atom stereocenters. The van der Waals surface area contributed by atoms with Crippen LogP contribution in [0.4, 0.5) is 8.78 Å². The van der Waals surface area contributed by atoms with E-state index in [1.54, 1.807) is 6.07 Å². The summed E-state index contributed by atoms with van der Waals surface area (Å²) in [5.74, 6) is -0.873. The summed E-state index contributed by atoms with van der Waals surface area (Å²) >= 11 is 0. The van der Waals surface area contributed by atoms with Gasteiger partial charge in [0.2, 0.25) is 0 Å². The molecule has 0 bridgehead atoms. The first-order valence-electron chi connectivity index (χ1n) is 8.42. The van der Waals surface area contributed by atoms with Crippen molar-refractivity contribution < 1.29 is 8.78 Å². The van der Waals surface area contributed by atoms with Gasteiger partial charge in [-0.25, -0.2) is 13.8 Å². The van der Waals surface area contributed by atoms with Crippen LogP contribution in [0.15, 0.2) is 16.9 Å². The van der Waals surface area contributed by atoms with E-state index in [9.17, 15) is 13.6 Å². The molecule has 1 aromatic carbocycles. The van der Waals surface area contributed by atoms with E-state index in [-0.39, 0.29) is 28.6 Å². The zero-order chi connectivity index (χ0) is 19.1. The molecule has 1 aliphatic heterocycles. The van der Waals surface area contributed by atoms with Crippen molar-refractivity contribution in [3.8, 4) is 6.07 Å². The highest BCUT2D eigenvalue weighted by atomic mass is 19.1. The van der Waals surface area contributed by atoms with Crippen LogP contribution in [0.25, 0.3) is 0 Å². The number of nitriles is 1. The standard InChI is InChI=1S/C19H20F2N4O/c1-19(2,3)18-23-16-10-25(5-4-12(16)17(26)24-18)9-13-14(20)6-11(8-22)7-15(13)21/h6-7H,4-5,9-10H2,1-3H3,(H,23,24,26). The highest BCUT2D eigenvalue weighted by Gasteiger charge is 2.26. The molecule has 0 radical (unpaired) electrons. The summed E-state index contributed by atoms with van der Waals surface area (Å²) in [6, 6.07) is 3.81. The molecule has 3 rings (SSSR count). The van der Waals surface area contributed by atoms with E-state index in [2.05, 4.69) is 9.97 Å². The molecule has 0 spiro atoms. The summed E-state index contributed by atoms with van der Waals surface area (Å²) in [5.41, 5.74) is 0.718. The Morgan fingerprint density at radius 2 is 1.96 bits per heavy atom. The molecule has 0 fully saturated rings. The molecule has 2 heterocycles. The quantitative estimate of drug-likeness (QED) is 0.896. The minimum Gasteiger partial charge on any atom is -0.310 e. The maximum absolute atomic E-state index is 14.1. The largest absolute Gasteiger partial charge is 0.310 e. The minimum atomic E-state index is -0.735. The molecule has 136 valence electrons. The van der Waals surface area contributed by atoms with E-state index in [0.717, 1.165) is 12.1 Å². The molecule has 26 heavy (non-hydrogen) atoms. The summed E-state index contributed by atoms with van der Waals surface area (Å²) in [4.78, 5) is 21.6. The molecule has 1 aliphatic rings. The maximum atomic E-state index is 14.1. The van der Waals surface area contributed by atoms with Crippen LogP contribution in [0.2, 0.25) is 0 Å². The van der Waals surface area contributed by atoms with E-state index in [0.29, 0.717) is 36.6 Å². The van der Waals surface area contributed by atoms with Crippen molar-refractivity contribution in [3.63, 3.8) is 0 Å². The van der Waals surface area contributed by atoms with Crippen LogP contribution in [0.3, 0.4) is 0 Å². The number of hydrogen-bond acceptors (Lipinski definition) is 4. The smallest absolute Gasteiger partial charge is 0.254 e. The van der Waals surface area contributed by atoms with E-state index in [1.807, 2.05) is 25.7 Å². The van der Waals surface area contributed by atoms with Crippen LogP contribution in [0, 0.1) is 23.0 Å². The third-order valence-corrected chi connectivity index (χ3v) is 4.51. The molecule has 2 aromatic rings. The second-order valence-corrected chi connectivity index (χ2v) is 7.58. The maximum Gasteiger partial charge on any atom is 0.254 e. The number of hydrogen-bond donors (Lipinski definition) is 1. The number of rotatable bonds is 2. The monoisotopic (exact) mass is 358 g/mol. The van der Waals surface area contributed by atoms with E-state index < -0.39 is 11.6 Å². The minimum absolute atomic E-state index is 0.0456. The molecule has 1 aromatic heterocycles. The molecule has 0 unspecified atom stereocenters. The highest BCUT2D eigenvalue weighted by molar-refractivity contribution is 5.34. The number of fused-ring (bicyclic) bond motifs is 1. The first kappa shape index (κ1) is 18.2. The average molecular weight is 358 g/mol. The van der Waals surface area contributed by atoms with Gasteiger partial charge in [-0.1, -0.05) is 20.8 Å². The van der Waals surface area contributed by atoms with E-state index >= 15 is 0 Å². The number of nitrogens with zero attached hydrogens (tertiary/aromatic N) is 3. The van der Waals surface area contributed by atoms with Crippen LogP contribution in [0.1, 0.15) is 49.0 Å². The van der Waals surface area contributed by atoms with Crippen LogP contribution in [0.5, 0.6) is 0 Å². The number of nitrogens with one attached hydrogen (secondary N) is 1. The Balaban J connectivity index is 1.89. The van der Waals surface area contributed by atoms with Gasteiger partial charge in [0.1, 0.15) is 17.5 Å². The van der Waals surface area contributed by atoms with Gasteiger partial charge in [-0.05, 0) is 18.6 Å². The molecular weight excluding hydrogens is 338 g/mol. The van der Waals surface area contributed by atoms with Crippen molar-refractivity contribution >= 4 is 0 Å². The molecule has 5 nitrogen and oxygen atoms in total. The molecule has 0 amide bonds. The van der Waals surface area contributed by atoms with E-state index in [4.69, 9.17) is 5.26 Å². The lowest BCUT2D eigenvalue weighted by atomic mass is 9.95. The normalized spacial score (nSPS) is 14.8. The van der Waals surface area contributed by atoms with Gasteiger partial charge in [0, 0.05) is 36.2 Å². The zero-order valence-corrected chi connectivity index (χ0v) is 15.0. The van der Waals surface area contributed by atoms with Gasteiger partial charge in [-0.2, -0.15) is 5.26 Å². The fourth-order valence-electron chi connectivity index (χ4n) is 3.03. The molecule has 0 saturated carbocycles. The van der Waals surface area contributed by atoms with Crippen LogP contribution in [-0.4, -0.2) is 21.4 Å². The molecule has 1 N–H and O–H groups in total. The van der Waals surface area contributed by atoms with Crippen molar-refractivity contribution in [2.75, 3.05) is 6.54 Å². The van der Waals surface area contributed by atoms with Crippen molar-refractivity contribution in [2.45, 2.75) is 45.7 Å². The van der Waals surface area contributed by atoms with Gasteiger partial charge in [0.05, 0.1) is 17.3 Å². The summed E-state index contributed by atoms with van der Waals surface area (Å²) in [7, 11) is 0. The summed E-state index contributed by atoms with van der Waals surface area (Å²) in [6.45, 7) is 6.79.